The molecular weight excluding hydrogens is 366 g/mol. The molecule has 0 aliphatic heterocycles. The molecule has 0 aromatic rings. The van der Waals surface area contributed by atoms with E-state index in [1.807, 2.05) is 6.08 Å². The Bertz CT molecular complexity index is 583. The first kappa shape index (κ1) is 11.7. The normalized spacial score (nSPS) is 15.1. The summed E-state index contributed by atoms with van der Waals surface area (Å²) in [6.07, 6.45) is 4.03. The molecule has 3 nitrogen and oxygen atoms in total. The van der Waals surface area contributed by atoms with Crippen molar-refractivity contribution < 1.29 is 28.6 Å². The molecule has 1 aliphatic rings. The zero-order chi connectivity index (χ0) is 11.5. The molecule has 0 heterocycles. The van der Waals surface area contributed by atoms with Gasteiger partial charge in [-0.05, 0) is 0 Å². The fourth-order valence-corrected chi connectivity index (χ4v) is 6.35. The molecule has 0 unspecified atom stereocenters. The van der Waals surface area contributed by atoms with Gasteiger partial charge in [0.05, 0.1) is 0 Å². The minimum absolute atomic E-state index is 0.519. The van der Waals surface area contributed by atoms with E-state index in [2.05, 4.69) is 6.58 Å². The molecule has 0 amide bonds. The Morgan fingerprint density at radius 2 is 1.87 bits per heavy atom. The Morgan fingerprint density at radius 1 is 1.33 bits per heavy atom. The van der Waals surface area contributed by atoms with E-state index in [1.54, 1.807) is 26.1 Å². The summed E-state index contributed by atoms with van der Waals surface area (Å²) in [7, 11) is 0. The number of allylic oxidation sites excluding steroid dienone is 5. The van der Waals surface area contributed by atoms with Crippen molar-refractivity contribution in [3.05, 3.63) is 33.9 Å². The van der Waals surface area contributed by atoms with Crippen molar-refractivity contribution in [2.45, 2.75) is 13.3 Å². The van der Waals surface area contributed by atoms with Crippen LogP contribution in [-0.2, 0) is 28.6 Å². The van der Waals surface area contributed by atoms with Crippen molar-refractivity contribution in [2.75, 3.05) is 0 Å². The maximum atomic E-state index is 10.8. The molecule has 0 aromatic carbocycles. The maximum absolute atomic E-state index is 10.8. The van der Waals surface area contributed by atoms with Gasteiger partial charge >= 0.3 is 88.9 Å². The third-order valence-corrected chi connectivity index (χ3v) is 8.61. The van der Waals surface area contributed by atoms with E-state index >= 15 is 0 Å². The number of carbonyl (C=O) groups excluding carboxylic acids is 3. The zero-order valence-corrected chi connectivity index (χ0v) is 10.9. The summed E-state index contributed by atoms with van der Waals surface area (Å²) < 4.78 is 5.35. The summed E-state index contributed by atoms with van der Waals surface area (Å²) in [6.45, 7) is 5.36. The molecule has 0 atom stereocenters. The molecule has 1 aliphatic carbocycles. The summed E-state index contributed by atoms with van der Waals surface area (Å²) in [5.74, 6) is 0. The zero-order valence-electron chi connectivity index (χ0n) is 8.17. The first-order valence-corrected chi connectivity index (χ1v) is 9.55. The summed E-state index contributed by atoms with van der Waals surface area (Å²) in [6, 6.07) is 0. The van der Waals surface area contributed by atoms with Crippen molar-refractivity contribution in [2.24, 2.45) is 0 Å². The molecule has 0 spiro atoms. The first-order chi connectivity index (χ1) is 7.15. The van der Waals surface area contributed by atoms with E-state index in [9.17, 15) is 14.4 Å². The molecule has 15 heavy (non-hydrogen) atoms. The molecule has 0 bridgehead atoms. The van der Waals surface area contributed by atoms with Crippen LogP contribution >= 0.6 is 0 Å². The van der Waals surface area contributed by atoms with Crippen molar-refractivity contribution in [3.8, 4) is 0 Å². The van der Waals surface area contributed by atoms with Crippen LogP contribution in [0.4, 0.5) is 0 Å². The summed E-state index contributed by atoms with van der Waals surface area (Å²) in [5.41, 5.74) is 1.54. The van der Waals surface area contributed by atoms with Crippen LogP contribution in [0.3, 0.4) is 0 Å². The Kier molecular flexibility index (Phi) is 3.45. The molecule has 0 fully saturated rings. The second kappa shape index (κ2) is 4.43. The van der Waals surface area contributed by atoms with Gasteiger partial charge in [0.15, 0.2) is 0 Å². The second-order valence-electron chi connectivity index (χ2n) is 2.93. The second-order valence-corrected chi connectivity index (χ2v) is 10.0. The van der Waals surface area contributed by atoms with Crippen LogP contribution in [0.15, 0.2) is 33.9 Å². The summed E-state index contributed by atoms with van der Waals surface area (Å²) >= 11 is -4.32. The monoisotopic (exact) mass is 376 g/mol. The van der Waals surface area contributed by atoms with E-state index in [-0.39, 0.29) is 0 Å². The van der Waals surface area contributed by atoms with E-state index in [0.29, 0.717) is 10.5 Å². The van der Waals surface area contributed by atoms with Gasteiger partial charge in [-0.2, -0.15) is 0 Å². The van der Waals surface area contributed by atoms with Crippen molar-refractivity contribution >= 4 is 13.1 Å². The quantitative estimate of drug-likeness (QED) is 0.727. The van der Waals surface area contributed by atoms with E-state index in [0.717, 1.165) is 11.1 Å². The standard InChI is InChI=1S/C8H9.3CO.Re/c1-3-8-5-4-7(2)6-8;3*1-2;/h3-4H,1,5H2,2H3;;;;. The third kappa shape index (κ3) is 1.74. The van der Waals surface area contributed by atoms with Gasteiger partial charge in [0.25, 0.3) is 0 Å². The third-order valence-electron chi connectivity index (χ3n) is 2.13. The predicted molar refractivity (Wildman–Crippen MR) is 52.7 cm³/mol. The van der Waals surface area contributed by atoms with Crippen molar-refractivity contribution in [3.63, 3.8) is 0 Å². The van der Waals surface area contributed by atoms with E-state index in [4.69, 9.17) is 0 Å². The van der Waals surface area contributed by atoms with Gasteiger partial charge in [-0.3, -0.25) is 0 Å². The van der Waals surface area contributed by atoms with E-state index in [1.165, 1.54) is 0 Å². The molecular formula is C11H9O3Re. The van der Waals surface area contributed by atoms with Crippen molar-refractivity contribution in [1.29, 1.82) is 0 Å². The van der Waals surface area contributed by atoms with E-state index < -0.39 is 14.2 Å². The molecule has 0 N–H and O–H groups in total. The van der Waals surface area contributed by atoms with Gasteiger partial charge in [0.2, 0.25) is 0 Å². The minimum atomic E-state index is -4.32. The van der Waals surface area contributed by atoms with Gasteiger partial charge in [-0.25, -0.2) is 0 Å². The topological polar surface area (TPSA) is 51.2 Å². The molecule has 0 saturated heterocycles. The molecule has 0 aromatic heterocycles. The van der Waals surface area contributed by atoms with Crippen LogP contribution in [0, 0.1) is 0 Å². The molecule has 78 valence electrons. The average molecular weight is 375 g/mol. The number of rotatable bonds is 2. The molecule has 0 radical (unpaired) electrons. The van der Waals surface area contributed by atoms with Crippen LogP contribution < -0.4 is 0 Å². The van der Waals surface area contributed by atoms with Crippen LogP contribution in [0.25, 0.3) is 0 Å². The SMILES string of the molecule is C=CC1=[C]([Re](=[C]=O)(=[C]=O)=[C]=O)C(C)=CC1. The average Bonchev–Trinajstić information content (AvgIpc) is 2.65. The molecule has 1 rings (SSSR count). The summed E-state index contributed by atoms with van der Waals surface area (Å²) in [5, 5.41) is 0. The van der Waals surface area contributed by atoms with Gasteiger partial charge in [0, 0.05) is 0 Å². The van der Waals surface area contributed by atoms with Crippen LogP contribution in [-0.4, -0.2) is 13.1 Å². The Labute approximate surface area is 89.0 Å². The fraction of sp³-hybridized carbons (Fsp3) is 0.182. The Balaban J connectivity index is 3.94. The van der Waals surface area contributed by atoms with Crippen LogP contribution in [0.2, 0.25) is 0 Å². The predicted octanol–water partition coefficient (Wildman–Crippen LogP) is 1.13. The Morgan fingerprint density at radius 3 is 2.27 bits per heavy atom. The van der Waals surface area contributed by atoms with Crippen LogP contribution in [0.5, 0.6) is 0 Å². The Hall–Kier alpha value is -1.38. The fourth-order valence-electron chi connectivity index (χ4n) is 1.44. The van der Waals surface area contributed by atoms with Gasteiger partial charge < -0.3 is 0 Å². The first-order valence-electron chi connectivity index (χ1n) is 4.12. The molecule has 4 heteroatoms. The number of hydrogen-bond donors (Lipinski definition) is 0. The van der Waals surface area contributed by atoms with Gasteiger partial charge in [0.1, 0.15) is 0 Å². The van der Waals surface area contributed by atoms with Crippen molar-refractivity contribution in [1.82, 2.24) is 0 Å². The van der Waals surface area contributed by atoms with Gasteiger partial charge in [-0.1, -0.05) is 0 Å². The van der Waals surface area contributed by atoms with Crippen LogP contribution in [0.1, 0.15) is 13.3 Å². The molecule has 0 saturated carbocycles. The van der Waals surface area contributed by atoms with Gasteiger partial charge in [-0.15, -0.1) is 0 Å². The summed E-state index contributed by atoms with van der Waals surface area (Å²) in [4.78, 5) is 32.5. The number of hydrogen-bond acceptors (Lipinski definition) is 3.